The highest BCUT2D eigenvalue weighted by Gasteiger charge is 2.26. The molecule has 0 saturated heterocycles. The lowest BCUT2D eigenvalue weighted by molar-refractivity contribution is 0.0470. The molecule has 0 saturated carbocycles. The minimum absolute atomic E-state index is 0.0409. The van der Waals surface area contributed by atoms with Crippen LogP contribution in [0, 0.1) is 6.92 Å². The van der Waals surface area contributed by atoms with Gasteiger partial charge in [-0.2, -0.15) is 8.78 Å². The number of rotatable bonds is 6. The van der Waals surface area contributed by atoms with Crippen molar-refractivity contribution < 1.29 is 31.5 Å². The molecule has 25 heavy (non-hydrogen) atoms. The summed E-state index contributed by atoms with van der Waals surface area (Å²) < 4.78 is 58.0. The van der Waals surface area contributed by atoms with Crippen molar-refractivity contribution in [2.24, 2.45) is 0 Å². The molecule has 0 atom stereocenters. The van der Waals surface area contributed by atoms with Crippen molar-refractivity contribution in [2.75, 3.05) is 7.11 Å². The first-order chi connectivity index (χ1) is 11.8. The van der Waals surface area contributed by atoms with Gasteiger partial charge < -0.3 is 9.47 Å². The maximum atomic E-state index is 12.5. The fourth-order valence-corrected chi connectivity index (χ4v) is 2.85. The number of hydrogen-bond donors (Lipinski definition) is 0. The van der Waals surface area contributed by atoms with E-state index in [1.165, 1.54) is 7.11 Å². The van der Waals surface area contributed by atoms with Crippen molar-refractivity contribution in [3.8, 4) is 5.75 Å². The fourth-order valence-electron chi connectivity index (χ4n) is 2.13. The molecule has 0 fully saturated rings. The zero-order chi connectivity index (χ0) is 18.6. The largest absolute Gasteiger partial charge is 0.496 e. The molecule has 5 nitrogen and oxygen atoms in total. The highest BCUT2D eigenvalue weighted by atomic mass is 32.2. The summed E-state index contributed by atoms with van der Waals surface area (Å²) in [5.74, 6) is -3.65. The van der Waals surface area contributed by atoms with Crippen LogP contribution >= 0.6 is 0 Å². The van der Waals surface area contributed by atoms with Gasteiger partial charge in [0.2, 0.25) is 9.84 Å². The first-order valence-corrected chi connectivity index (χ1v) is 8.73. The number of benzene rings is 2. The van der Waals surface area contributed by atoms with Crippen LogP contribution in [-0.4, -0.2) is 27.3 Å². The van der Waals surface area contributed by atoms with Crippen LogP contribution in [0.4, 0.5) is 8.78 Å². The molecule has 8 heteroatoms. The molecule has 0 aliphatic rings. The lowest BCUT2D eigenvalue weighted by Crippen LogP contribution is -2.12. The van der Waals surface area contributed by atoms with E-state index in [1.54, 1.807) is 6.07 Å². The monoisotopic (exact) mass is 370 g/mol. The molecular formula is C17H16F2O5S. The fraction of sp³-hybridized carbons (Fsp3) is 0.235. The molecule has 0 radical (unpaired) electrons. The Kier molecular flexibility index (Phi) is 5.73. The van der Waals surface area contributed by atoms with Crippen LogP contribution in [0.2, 0.25) is 0 Å². The summed E-state index contributed by atoms with van der Waals surface area (Å²) in [7, 11) is -3.19. The van der Waals surface area contributed by atoms with Crippen molar-refractivity contribution in [1.82, 2.24) is 0 Å². The summed E-state index contributed by atoms with van der Waals surface area (Å²) in [4.78, 5) is 11.5. The summed E-state index contributed by atoms with van der Waals surface area (Å²) in [6, 6.07) is 9.58. The number of alkyl halides is 2. The molecule has 134 valence electrons. The van der Waals surface area contributed by atoms with Gasteiger partial charge in [0.15, 0.2) is 0 Å². The minimum Gasteiger partial charge on any atom is -0.496 e. The van der Waals surface area contributed by atoms with E-state index in [9.17, 15) is 22.0 Å². The van der Waals surface area contributed by atoms with Crippen LogP contribution < -0.4 is 4.74 Å². The molecule has 0 spiro atoms. The van der Waals surface area contributed by atoms with E-state index in [0.29, 0.717) is 11.3 Å². The first-order valence-electron chi connectivity index (χ1n) is 7.18. The van der Waals surface area contributed by atoms with Gasteiger partial charge in [0.05, 0.1) is 17.6 Å². The van der Waals surface area contributed by atoms with Crippen LogP contribution in [0.3, 0.4) is 0 Å². The van der Waals surface area contributed by atoms with Gasteiger partial charge >= 0.3 is 11.7 Å². The van der Waals surface area contributed by atoms with Crippen LogP contribution in [0.25, 0.3) is 0 Å². The zero-order valence-electron chi connectivity index (χ0n) is 13.5. The van der Waals surface area contributed by atoms with E-state index in [1.807, 2.05) is 19.1 Å². The molecule has 0 heterocycles. The van der Waals surface area contributed by atoms with Gasteiger partial charge in [-0.1, -0.05) is 11.6 Å². The second kappa shape index (κ2) is 7.60. The van der Waals surface area contributed by atoms with Crippen molar-refractivity contribution >= 4 is 15.8 Å². The van der Waals surface area contributed by atoms with Crippen molar-refractivity contribution in [3.63, 3.8) is 0 Å². The van der Waals surface area contributed by atoms with Crippen molar-refractivity contribution in [1.29, 1.82) is 0 Å². The summed E-state index contributed by atoms with van der Waals surface area (Å²) in [6.07, 6.45) is 0. The summed E-state index contributed by atoms with van der Waals surface area (Å²) in [5, 5.41) is 0. The number of ether oxygens (including phenoxy) is 2. The van der Waals surface area contributed by atoms with Gasteiger partial charge in [-0.05, 0) is 43.3 Å². The van der Waals surface area contributed by atoms with Gasteiger partial charge in [-0.3, -0.25) is 0 Å². The number of halogens is 2. The second-order valence-electron chi connectivity index (χ2n) is 5.22. The van der Waals surface area contributed by atoms with Gasteiger partial charge in [-0.15, -0.1) is 0 Å². The summed E-state index contributed by atoms with van der Waals surface area (Å²) >= 11 is 0. The Bertz CT molecular complexity index is 861. The lowest BCUT2D eigenvalue weighted by Gasteiger charge is -2.10. The van der Waals surface area contributed by atoms with Gasteiger partial charge in [-0.25, -0.2) is 13.2 Å². The Morgan fingerprint density at radius 3 is 2.32 bits per heavy atom. The predicted octanol–water partition coefficient (Wildman–Crippen LogP) is 3.36. The van der Waals surface area contributed by atoms with Gasteiger partial charge in [0, 0.05) is 5.56 Å². The topological polar surface area (TPSA) is 69.7 Å². The molecule has 0 bridgehead atoms. The Hall–Kier alpha value is -2.48. The van der Waals surface area contributed by atoms with Crippen LogP contribution in [0.15, 0.2) is 47.4 Å². The number of carbonyl (C=O) groups is 1. The Morgan fingerprint density at radius 2 is 1.76 bits per heavy atom. The number of sulfone groups is 1. The predicted molar refractivity (Wildman–Crippen MR) is 86.5 cm³/mol. The van der Waals surface area contributed by atoms with E-state index < -0.39 is 26.5 Å². The van der Waals surface area contributed by atoms with E-state index >= 15 is 0 Å². The number of hydrogen-bond acceptors (Lipinski definition) is 5. The second-order valence-corrected chi connectivity index (χ2v) is 7.14. The number of aryl methyl sites for hydroxylation is 1. The third kappa shape index (κ3) is 4.33. The molecule has 0 aromatic heterocycles. The first kappa shape index (κ1) is 18.9. The normalized spacial score (nSPS) is 11.4. The zero-order valence-corrected chi connectivity index (χ0v) is 14.3. The lowest BCUT2D eigenvalue weighted by atomic mass is 10.1. The van der Waals surface area contributed by atoms with Crippen LogP contribution in [-0.2, 0) is 21.2 Å². The third-order valence-corrected chi connectivity index (χ3v) is 4.85. The molecule has 2 aromatic carbocycles. The van der Waals surface area contributed by atoms with Crippen LogP contribution in [0.1, 0.15) is 21.5 Å². The van der Waals surface area contributed by atoms with Crippen LogP contribution in [0.5, 0.6) is 5.75 Å². The highest BCUT2D eigenvalue weighted by Crippen LogP contribution is 2.22. The smallest absolute Gasteiger partial charge is 0.341 e. The maximum absolute atomic E-state index is 12.5. The number of esters is 1. The van der Waals surface area contributed by atoms with Gasteiger partial charge in [0.1, 0.15) is 12.4 Å². The van der Waals surface area contributed by atoms with E-state index in [2.05, 4.69) is 0 Å². The molecule has 0 aliphatic heterocycles. The van der Waals surface area contributed by atoms with Crippen molar-refractivity contribution in [3.05, 3.63) is 59.2 Å². The Balaban J connectivity index is 2.11. The SMILES string of the molecule is COc1ccc(C)cc1COC(=O)c1ccc(S(=O)(=O)C(F)F)cc1. The standard InChI is InChI=1S/C17H16F2O5S/c1-11-3-8-15(23-2)13(9-11)10-24-16(20)12-4-6-14(7-5-12)25(21,22)17(18)19/h3-9,17H,10H2,1-2H3. The van der Waals surface area contributed by atoms with E-state index in [-0.39, 0.29) is 12.2 Å². The summed E-state index contributed by atoms with van der Waals surface area (Å²) in [6.45, 7) is 1.84. The van der Waals surface area contributed by atoms with E-state index in [4.69, 9.17) is 9.47 Å². The minimum atomic E-state index is -4.69. The van der Waals surface area contributed by atoms with Crippen molar-refractivity contribution in [2.45, 2.75) is 24.2 Å². The summed E-state index contributed by atoms with van der Waals surface area (Å²) in [5.41, 5.74) is 1.70. The quantitative estimate of drug-likeness (QED) is 0.730. The maximum Gasteiger partial charge on any atom is 0.341 e. The number of carbonyl (C=O) groups excluding carboxylic acids is 1. The molecule has 2 rings (SSSR count). The Morgan fingerprint density at radius 1 is 1.12 bits per heavy atom. The Labute approximate surface area is 144 Å². The van der Waals surface area contributed by atoms with E-state index in [0.717, 1.165) is 29.8 Å². The molecule has 0 N–H and O–H groups in total. The molecule has 0 unspecified atom stereocenters. The molecular weight excluding hydrogens is 354 g/mol. The molecule has 2 aromatic rings. The average molecular weight is 370 g/mol. The van der Waals surface area contributed by atoms with Gasteiger partial charge in [0.25, 0.3) is 0 Å². The molecule has 0 amide bonds. The molecule has 0 aliphatic carbocycles. The highest BCUT2D eigenvalue weighted by molar-refractivity contribution is 7.91. The third-order valence-electron chi connectivity index (χ3n) is 3.45. The number of methoxy groups -OCH3 is 1. The average Bonchev–Trinajstić information content (AvgIpc) is 2.59.